The lowest BCUT2D eigenvalue weighted by atomic mass is 9.97. The zero-order valence-corrected chi connectivity index (χ0v) is 14.1. The van der Waals surface area contributed by atoms with Crippen LogP contribution in [0.5, 0.6) is 0 Å². The number of rotatable bonds is 3. The minimum atomic E-state index is 0.843. The topological polar surface area (TPSA) is 37.0 Å². The number of benzene rings is 2. The SMILES string of the molecule is Cc1ccc2c(c1NCc1ccc3ncccc3c1)CCNCC2. The Morgan fingerprint density at radius 2 is 2.00 bits per heavy atom. The quantitative estimate of drug-likeness (QED) is 0.770. The van der Waals surface area contributed by atoms with Crippen molar-refractivity contribution in [3.63, 3.8) is 0 Å². The molecule has 0 saturated heterocycles. The number of pyridine rings is 1. The highest BCUT2D eigenvalue weighted by Gasteiger charge is 2.13. The summed E-state index contributed by atoms with van der Waals surface area (Å²) < 4.78 is 0. The van der Waals surface area contributed by atoms with E-state index in [2.05, 4.69) is 58.9 Å². The molecule has 0 fully saturated rings. The van der Waals surface area contributed by atoms with Gasteiger partial charge >= 0.3 is 0 Å². The van der Waals surface area contributed by atoms with Crippen molar-refractivity contribution in [2.24, 2.45) is 0 Å². The van der Waals surface area contributed by atoms with Crippen LogP contribution in [0.3, 0.4) is 0 Å². The molecule has 0 amide bonds. The van der Waals surface area contributed by atoms with Gasteiger partial charge < -0.3 is 10.6 Å². The monoisotopic (exact) mass is 317 g/mol. The molecule has 2 aromatic carbocycles. The lowest BCUT2D eigenvalue weighted by Crippen LogP contribution is -2.16. The molecule has 2 N–H and O–H groups in total. The van der Waals surface area contributed by atoms with Crippen molar-refractivity contribution in [1.82, 2.24) is 10.3 Å². The number of hydrogen-bond acceptors (Lipinski definition) is 3. The van der Waals surface area contributed by atoms with E-state index >= 15 is 0 Å². The molecule has 1 aromatic heterocycles. The zero-order chi connectivity index (χ0) is 16.4. The van der Waals surface area contributed by atoms with Crippen LogP contribution in [0.2, 0.25) is 0 Å². The molecule has 0 aliphatic carbocycles. The van der Waals surface area contributed by atoms with Crippen molar-refractivity contribution in [3.05, 3.63) is 70.9 Å². The van der Waals surface area contributed by atoms with Gasteiger partial charge in [0, 0.05) is 23.8 Å². The first kappa shape index (κ1) is 15.2. The maximum absolute atomic E-state index is 4.40. The molecule has 0 spiro atoms. The fourth-order valence-electron chi connectivity index (χ4n) is 3.56. The molecule has 0 unspecified atom stereocenters. The number of anilines is 1. The van der Waals surface area contributed by atoms with Crippen LogP contribution in [-0.4, -0.2) is 18.1 Å². The van der Waals surface area contributed by atoms with Crippen LogP contribution in [0.1, 0.15) is 22.3 Å². The third kappa shape index (κ3) is 3.00. The number of fused-ring (bicyclic) bond motifs is 2. The lowest BCUT2D eigenvalue weighted by molar-refractivity contribution is 0.711. The minimum Gasteiger partial charge on any atom is -0.381 e. The Labute approximate surface area is 143 Å². The van der Waals surface area contributed by atoms with Crippen LogP contribution in [0.15, 0.2) is 48.7 Å². The Kier molecular flexibility index (Phi) is 4.18. The predicted octanol–water partition coefficient (Wildman–Crippen LogP) is 3.84. The van der Waals surface area contributed by atoms with Gasteiger partial charge in [0.15, 0.2) is 0 Å². The summed E-state index contributed by atoms with van der Waals surface area (Å²) in [4.78, 5) is 4.40. The fourth-order valence-corrected chi connectivity index (χ4v) is 3.56. The average Bonchev–Trinajstić information content (AvgIpc) is 2.86. The van der Waals surface area contributed by atoms with Crippen LogP contribution in [0.25, 0.3) is 10.9 Å². The fraction of sp³-hybridized carbons (Fsp3) is 0.286. The number of nitrogens with one attached hydrogen (secondary N) is 2. The smallest absolute Gasteiger partial charge is 0.0702 e. The largest absolute Gasteiger partial charge is 0.381 e. The summed E-state index contributed by atoms with van der Waals surface area (Å²) in [6.07, 6.45) is 4.06. The van der Waals surface area contributed by atoms with Crippen molar-refractivity contribution in [2.75, 3.05) is 18.4 Å². The normalized spacial score (nSPS) is 14.2. The Balaban J connectivity index is 1.60. The third-order valence-corrected chi connectivity index (χ3v) is 4.88. The summed E-state index contributed by atoms with van der Waals surface area (Å²) in [6, 6.07) is 15.2. The Bertz CT molecular complexity index is 870. The summed E-state index contributed by atoms with van der Waals surface area (Å²) in [5, 5.41) is 8.40. The summed E-state index contributed by atoms with van der Waals surface area (Å²) >= 11 is 0. The standard InChI is InChI=1S/C21H23N3/c1-15-4-6-17-8-11-22-12-9-19(17)21(15)24-14-16-5-7-20-18(13-16)3-2-10-23-20/h2-7,10,13,22,24H,8-9,11-12,14H2,1H3. The molecule has 3 nitrogen and oxygen atoms in total. The van der Waals surface area contributed by atoms with Gasteiger partial charge in [0.2, 0.25) is 0 Å². The van der Waals surface area contributed by atoms with E-state index in [1.54, 1.807) is 0 Å². The van der Waals surface area contributed by atoms with Crippen LogP contribution in [0.4, 0.5) is 5.69 Å². The van der Waals surface area contributed by atoms with Crippen molar-refractivity contribution >= 4 is 16.6 Å². The summed E-state index contributed by atoms with van der Waals surface area (Å²) in [6.45, 7) is 5.18. The maximum Gasteiger partial charge on any atom is 0.0702 e. The molecular weight excluding hydrogens is 294 g/mol. The molecular formula is C21H23N3. The van der Waals surface area contributed by atoms with Crippen molar-refractivity contribution < 1.29 is 0 Å². The van der Waals surface area contributed by atoms with Gasteiger partial charge in [-0.3, -0.25) is 4.98 Å². The Morgan fingerprint density at radius 3 is 2.96 bits per heavy atom. The van der Waals surface area contributed by atoms with E-state index < -0.39 is 0 Å². The molecule has 24 heavy (non-hydrogen) atoms. The first-order chi connectivity index (χ1) is 11.8. The van der Waals surface area contributed by atoms with E-state index in [1.807, 2.05) is 12.3 Å². The van der Waals surface area contributed by atoms with E-state index in [1.165, 1.54) is 33.3 Å². The predicted molar refractivity (Wildman–Crippen MR) is 101 cm³/mol. The van der Waals surface area contributed by atoms with Crippen molar-refractivity contribution in [3.8, 4) is 0 Å². The number of hydrogen-bond donors (Lipinski definition) is 2. The second-order valence-corrected chi connectivity index (χ2v) is 6.53. The minimum absolute atomic E-state index is 0.843. The second-order valence-electron chi connectivity index (χ2n) is 6.53. The molecule has 0 bridgehead atoms. The molecule has 0 radical (unpaired) electrons. The summed E-state index contributed by atoms with van der Waals surface area (Å²) in [7, 11) is 0. The van der Waals surface area contributed by atoms with E-state index in [4.69, 9.17) is 0 Å². The van der Waals surface area contributed by atoms with Crippen LogP contribution in [0, 0.1) is 6.92 Å². The molecule has 3 heteroatoms. The highest BCUT2D eigenvalue weighted by atomic mass is 14.9. The average molecular weight is 317 g/mol. The molecule has 2 heterocycles. The van der Waals surface area contributed by atoms with E-state index in [-0.39, 0.29) is 0 Å². The maximum atomic E-state index is 4.40. The molecule has 4 rings (SSSR count). The molecule has 0 saturated carbocycles. The molecule has 1 aliphatic rings. The second kappa shape index (κ2) is 6.62. The number of nitrogens with zero attached hydrogens (tertiary/aromatic N) is 1. The Morgan fingerprint density at radius 1 is 1.08 bits per heavy atom. The first-order valence-electron chi connectivity index (χ1n) is 8.71. The molecule has 3 aromatic rings. The zero-order valence-electron chi connectivity index (χ0n) is 14.1. The Hall–Kier alpha value is -2.39. The van der Waals surface area contributed by atoms with Crippen molar-refractivity contribution in [2.45, 2.75) is 26.3 Å². The van der Waals surface area contributed by atoms with Crippen LogP contribution in [-0.2, 0) is 19.4 Å². The highest BCUT2D eigenvalue weighted by molar-refractivity contribution is 5.79. The van der Waals surface area contributed by atoms with E-state index in [0.717, 1.165) is 38.0 Å². The van der Waals surface area contributed by atoms with Crippen molar-refractivity contribution in [1.29, 1.82) is 0 Å². The third-order valence-electron chi connectivity index (χ3n) is 4.88. The first-order valence-corrected chi connectivity index (χ1v) is 8.71. The highest BCUT2D eigenvalue weighted by Crippen LogP contribution is 2.27. The number of aromatic nitrogens is 1. The van der Waals surface area contributed by atoms with Gasteiger partial charge in [-0.25, -0.2) is 0 Å². The summed E-state index contributed by atoms with van der Waals surface area (Å²) in [5.41, 5.74) is 7.97. The lowest BCUT2D eigenvalue weighted by Gasteiger charge is -2.17. The van der Waals surface area contributed by atoms with Gasteiger partial charge in [-0.15, -0.1) is 0 Å². The van der Waals surface area contributed by atoms with Crippen LogP contribution < -0.4 is 10.6 Å². The van der Waals surface area contributed by atoms with Gasteiger partial charge in [0.25, 0.3) is 0 Å². The van der Waals surface area contributed by atoms with Gasteiger partial charge in [-0.2, -0.15) is 0 Å². The molecule has 122 valence electrons. The van der Waals surface area contributed by atoms with Gasteiger partial charge in [-0.05, 0) is 73.3 Å². The van der Waals surface area contributed by atoms with Gasteiger partial charge in [0.05, 0.1) is 5.52 Å². The van der Waals surface area contributed by atoms with Gasteiger partial charge in [0.1, 0.15) is 0 Å². The van der Waals surface area contributed by atoms with E-state index in [9.17, 15) is 0 Å². The van der Waals surface area contributed by atoms with E-state index in [0.29, 0.717) is 0 Å². The van der Waals surface area contributed by atoms with Gasteiger partial charge in [-0.1, -0.05) is 24.3 Å². The molecule has 0 atom stereocenters. The number of aryl methyl sites for hydroxylation is 1. The summed E-state index contributed by atoms with van der Waals surface area (Å²) in [5.74, 6) is 0. The molecule has 1 aliphatic heterocycles. The van der Waals surface area contributed by atoms with Crippen LogP contribution >= 0.6 is 0 Å².